The molecule has 35 heteroatoms. The van der Waals surface area contributed by atoms with Gasteiger partial charge in [0.25, 0.3) is 0 Å². The summed E-state index contributed by atoms with van der Waals surface area (Å²) in [5, 5.41) is 93.0. The molecule has 0 aliphatic heterocycles. The first-order valence-corrected chi connectivity index (χ1v) is 32.4. The average molecular weight is 1330 g/mol. The molecule has 0 aromatic rings. The fourth-order valence-electron chi connectivity index (χ4n) is 9.53. The lowest BCUT2D eigenvalue weighted by Gasteiger charge is -2.28. The quantitative estimate of drug-likeness (QED) is 0.0157. The van der Waals surface area contributed by atoms with E-state index in [1.165, 1.54) is 52.0 Å². The van der Waals surface area contributed by atoms with Gasteiger partial charge in [0.05, 0.1) is 13.2 Å². The largest absolute Gasteiger partial charge is 0.481 e. The zero-order valence-corrected chi connectivity index (χ0v) is 54.5. The molecule has 0 fully saturated rings. The fraction of sp³-hybridized carbons (Fsp3) is 0.759. The third kappa shape index (κ3) is 42.4. The molecule has 9 amide bonds. The molecule has 0 rings (SSSR count). The van der Waals surface area contributed by atoms with Crippen LogP contribution in [-0.2, 0) is 47.9 Å². The second kappa shape index (κ2) is 52.2. The number of aliphatic hydroxyl groups excluding tert-OH is 2. The average Bonchev–Trinajstić information content (AvgIpc) is 1.34. The van der Waals surface area contributed by atoms with E-state index in [0.29, 0.717) is 12.8 Å². The molecule has 0 unspecified atom stereocenters. The highest BCUT2D eigenvalue weighted by atomic mass is 16.4. The third-order valence-electron chi connectivity index (χ3n) is 14.7. The normalized spacial score (nSPS) is 13.4. The number of carboxylic acid groups (broad SMARTS) is 1. The van der Waals surface area contributed by atoms with Crippen LogP contribution in [0.1, 0.15) is 180 Å². The van der Waals surface area contributed by atoms with Gasteiger partial charge in [0, 0.05) is 46.1 Å². The maximum atomic E-state index is 14.3. The van der Waals surface area contributed by atoms with Crippen LogP contribution in [0.4, 0.5) is 0 Å². The predicted molar refractivity (Wildman–Crippen MR) is 350 cm³/mol. The number of carboxylic acids is 1. The van der Waals surface area contributed by atoms with Crippen LogP contribution in [0.15, 0.2) is 0 Å². The SMILES string of the molecule is CCCCCCCCCCCCCCCC(=O)N[C@@H](CCCNC(=N)N)C(=O)N[C@@H](CO)C(=O)N[C@@H](CO)C(=O)N[C@@H](CCCNC(=N)N)C(=O)N[C@@H](CCC(=O)O)C(=O)N[C@@H](CCCCN)C(=O)N[C@@H](CCCNC(=N)N)C(=O)N[C@@H](CCCNC(=N)N)C(=O)NC. The molecule has 0 saturated carbocycles. The number of aliphatic carboxylic acids is 1. The first kappa shape index (κ1) is 84.7. The van der Waals surface area contributed by atoms with Crippen LogP contribution in [-0.4, -0.2) is 200 Å². The molecule has 0 aliphatic carbocycles. The number of carbonyl (C=O) groups excluding carboxylic acids is 9. The van der Waals surface area contributed by atoms with Crippen LogP contribution in [0.5, 0.6) is 0 Å². The Kier molecular flexibility index (Phi) is 47.5. The van der Waals surface area contributed by atoms with Crippen LogP contribution < -0.4 is 97.8 Å². The van der Waals surface area contributed by atoms with Crippen molar-refractivity contribution in [3.05, 3.63) is 0 Å². The van der Waals surface area contributed by atoms with E-state index in [4.69, 9.17) is 50.3 Å². The van der Waals surface area contributed by atoms with Crippen LogP contribution >= 0.6 is 0 Å². The van der Waals surface area contributed by atoms with Gasteiger partial charge in [-0.2, -0.15) is 0 Å². The molecule has 0 aromatic heterocycles. The van der Waals surface area contributed by atoms with Gasteiger partial charge >= 0.3 is 5.97 Å². The third-order valence-corrected chi connectivity index (χ3v) is 14.7. The van der Waals surface area contributed by atoms with E-state index in [1.54, 1.807) is 0 Å². The lowest BCUT2D eigenvalue weighted by atomic mass is 10.0. The molecule has 0 heterocycles. The summed E-state index contributed by atoms with van der Waals surface area (Å²) in [7, 11) is 1.35. The Morgan fingerprint density at radius 3 is 0.903 bits per heavy atom. The van der Waals surface area contributed by atoms with Crippen molar-refractivity contribution in [2.75, 3.05) is 53.0 Å². The van der Waals surface area contributed by atoms with Crippen LogP contribution in [0.2, 0.25) is 0 Å². The number of likely N-dealkylation sites (N-methyl/N-ethyl adjacent to an activating group) is 1. The molecule has 0 saturated heterocycles. The highest BCUT2D eigenvalue weighted by Crippen LogP contribution is 2.14. The Bertz CT molecular complexity index is 2320. The molecule has 0 aromatic carbocycles. The minimum atomic E-state index is -1.86. The van der Waals surface area contributed by atoms with Gasteiger partial charge in [-0.05, 0) is 90.0 Å². The van der Waals surface area contributed by atoms with Gasteiger partial charge < -0.3 is 113 Å². The van der Waals surface area contributed by atoms with E-state index in [0.717, 1.165) is 32.1 Å². The predicted octanol–water partition coefficient (Wildman–Crippen LogP) is -3.88. The van der Waals surface area contributed by atoms with Crippen molar-refractivity contribution >= 4 is 83.0 Å². The Balaban J connectivity index is 6.57. The Labute approximate surface area is 545 Å². The summed E-state index contributed by atoms with van der Waals surface area (Å²) < 4.78 is 0. The molecular formula is C58H112N22O13. The molecule has 93 heavy (non-hydrogen) atoms. The number of nitrogens with two attached hydrogens (primary N) is 5. The van der Waals surface area contributed by atoms with E-state index in [1.807, 2.05) is 0 Å². The van der Waals surface area contributed by atoms with E-state index < -0.39 is 139 Å². The molecular weight excluding hydrogens is 1210 g/mol. The molecule has 0 bridgehead atoms. The maximum absolute atomic E-state index is 14.3. The number of nitrogens with one attached hydrogen (secondary N) is 17. The number of carbonyl (C=O) groups is 10. The van der Waals surface area contributed by atoms with E-state index in [2.05, 4.69) is 76.0 Å². The van der Waals surface area contributed by atoms with Crippen molar-refractivity contribution in [3.63, 3.8) is 0 Å². The van der Waals surface area contributed by atoms with Gasteiger partial charge in [0.2, 0.25) is 53.2 Å². The first-order chi connectivity index (χ1) is 44.3. The van der Waals surface area contributed by atoms with E-state index in [9.17, 15) is 63.3 Å². The van der Waals surface area contributed by atoms with E-state index >= 15 is 0 Å². The second-order valence-electron chi connectivity index (χ2n) is 22.7. The topological polar surface area (TPSA) is 613 Å². The number of rotatable bonds is 55. The molecule has 0 spiro atoms. The smallest absolute Gasteiger partial charge is 0.303 e. The van der Waals surface area contributed by atoms with Gasteiger partial charge in [-0.15, -0.1) is 0 Å². The Hall–Kier alpha value is -8.34. The van der Waals surface area contributed by atoms with Crippen molar-refractivity contribution in [1.82, 2.24) is 69.1 Å². The second-order valence-corrected chi connectivity index (χ2v) is 22.7. The van der Waals surface area contributed by atoms with Gasteiger partial charge in [-0.1, -0.05) is 84.0 Å². The summed E-state index contributed by atoms with van der Waals surface area (Å²) in [6, 6.07) is -12.1. The number of hydrogen-bond donors (Lipinski definition) is 25. The van der Waals surface area contributed by atoms with Crippen molar-refractivity contribution in [1.29, 1.82) is 21.6 Å². The fourth-order valence-corrected chi connectivity index (χ4v) is 9.53. The van der Waals surface area contributed by atoms with Crippen molar-refractivity contribution in [2.45, 2.75) is 229 Å². The Morgan fingerprint density at radius 1 is 0.344 bits per heavy atom. The van der Waals surface area contributed by atoms with Crippen molar-refractivity contribution in [3.8, 4) is 0 Å². The molecule has 0 radical (unpaired) electrons. The van der Waals surface area contributed by atoms with Gasteiger partial charge in [0.1, 0.15) is 48.3 Å². The van der Waals surface area contributed by atoms with E-state index in [-0.39, 0.29) is 121 Å². The summed E-state index contributed by atoms with van der Waals surface area (Å²) in [5.41, 5.74) is 27.4. The number of amides is 9. The molecule has 8 atom stereocenters. The summed E-state index contributed by atoms with van der Waals surface area (Å²) in [6.07, 6.45) is 14.2. The van der Waals surface area contributed by atoms with Crippen LogP contribution in [0.25, 0.3) is 0 Å². The molecule has 532 valence electrons. The van der Waals surface area contributed by atoms with Crippen molar-refractivity contribution < 1.29 is 63.3 Å². The Morgan fingerprint density at radius 2 is 0.613 bits per heavy atom. The molecule has 35 nitrogen and oxygen atoms in total. The maximum Gasteiger partial charge on any atom is 0.303 e. The highest BCUT2D eigenvalue weighted by molar-refractivity contribution is 5.98. The summed E-state index contributed by atoms with van der Waals surface area (Å²) in [6.45, 7) is 0.664. The lowest BCUT2D eigenvalue weighted by Crippen LogP contribution is -2.61. The zero-order chi connectivity index (χ0) is 69.9. The monoisotopic (exact) mass is 1320 g/mol. The molecule has 0 aliphatic rings. The number of hydrogen-bond acceptors (Lipinski definition) is 17. The van der Waals surface area contributed by atoms with Crippen molar-refractivity contribution in [2.24, 2.45) is 28.7 Å². The van der Waals surface area contributed by atoms with Crippen LogP contribution in [0.3, 0.4) is 0 Å². The number of guanidine groups is 4. The number of aliphatic hydroxyl groups is 2. The van der Waals surface area contributed by atoms with Gasteiger partial charge in [-0.3, -0.25) is 69.6 Å². The minimum Gasteiger partial charge on any atom is -0.481 e. The highest BCUT2D eigenvalue weighted by Gasteiger charge is 2.35. The molecule has 30 N–H and O–H groups in total. The zero-order valence-electron chi connectivity index (χ0n) is 54.5. The summed E-state index contributed by atoms with van der Waals surface area (Å²) >= 11 is 0. The standard InChI is InChI=1S/C58H112N22O13/c1-3-4-5-6-7-8-9-10-11-12-13-14-15-27-45(83)73-38(24-19-32-70-56(62)63)48(87)79-44(36-82)54(93)80-43(35-81)53(92)77-41(26-21-34-72-58(66)67)51(90)78-42(28-29-46(84)85)52(91)75-39(22-16-17-30-59)49(88)76-40(25-20-33-71-57(64)65)50(89)74-37(47(86)68-2)23-18-31-69-55(60)61/h37-44,81-82H,3-36,59H2,1-2H3,(H,68,86)(H,73,83)(H,74,89)(H,75,91)(H,76,88)(H,77,92)(H,78,90)(H,79,87)(H,80,93)(H,84,85)(H4,60,61,69)(H4,62,63,70)(H4,64,65,71)(H4,66,67,72)/t37-,38-,39-,40-,41-,42-,43-,44-/m0/s1. The number of unbranched alkanes of at least 4 members (excludes halogenated alkanes) is 13. The van der Waals surface area contributed by atoms with Gasteiger partial charge in [0.15, 0.2) is 23.8 Å². The first-order valence-electron chi connectivity index (χ1n) is 32.4. The summed E-state index contributed by atoms with van der Waals surface area (Å²) in [4.78, 5) is 136. The van der Waals surface area contributed by atoms with Crippen LogP contribution in [0, 0.1) is 21.6 Å². The lowest BCUT2D eigenvalue weighted by molar-refractivity contribution is -0.139. The van der Waals surface area contributed by atoms with Gasteiger partial charge in [-0.25, -0.2) is 0 Å². The summed E-state index contributed by atoms with van der Waals surface area (Å²) in [5.74, 6) is -10.9. The minimum absolute atomic E-state index is 0.00447.